The third-order valence-corrected chi connectivity index (χ3v) is 6.60. The molecule has 2 saturated heterocycles. The van der Waals surface area contributed by atoms with Gasteiger partial charge < -0.3 is 20.9 Å². The van der Waals surface area contributed by atoms with E-state index in [1.54, 1.807) is 0 Å². The molecule has 3 N–H and O–H groups in total. The molecule has 170 valence electrons. The summed E-state index contributed by atoms with van der Waals surface area (Å²) in [6.45, 7) is 11.1. The van der Waals surface area contributed by atoms with E-state index in [0.717, 1.165) is 45.2 Å². The second-order valence-electron chi connectivity index (χ2n) is 9.59. The molecule has 0 spiro atoms. The lowest BCUT2D eigenvalue weighted by atomic mass is 10.0. The van der Waals surface area contributed by atoms with Crippen LogP contribution in [0.3, 0.4) is 0 Å². The minimum absolute atomic E-state index is 0.00499. The van der Waals surface area contributed by atoms with Gasteiger partial charge in [0.2, 0.25) is 11.8 Å². The predicted octanol–water partition coefficient (Wildman–Crippen LogP) is 1.31. The number of hydrogen-bond acceptors (Lipinski definition) is 4. The largest absolute Gasteiger partial charge is 0.343 e. The molecule has 2 aliphatic heterocycles. The third-order valence-electron chi connectivity index (χ3n) is 6.60. The van der Waals surface area contributed by atoms with Gasteiger partial charge in [-0.25, -0.2) is 4.79 Å². The summed E-state index contributed by atoms with van der Waals surface area (Å²) >= 11 is 0. The maximum absolute atomic E-state index is 13.3. The lowest BCUT2D eigenvalue weighted by Crippen LogP contribution is -2.52. The summed E-state index contributed by atoms with van der Waals surface area (Å²) in [7, 11) is 0. The number of carbonyl (C=O) groups is 3. The van der Waals surface area contributed by atoms with E-state index in [2.05, 4.69) is 34.7 Å². The van der Waals surface area contributed by atoms with Gasteiger partial charge in [-0.2, -0.15) is 0 Å². The number of fused-ring (bicyclic) bond motifs is 1. The SMILES string of the molecule is CCC(CC)CN1C[C@@H]2C[C@H](NC(=O)NC(C)C)CN2C(=O)[C@@H](NC(=O)C2CC2)C1. The monoisotopic (exact) mass is 421 g/mol. The number of nitrogens with zero attached hydrogens (tertiary/aromatic N) is 2. The molecule has 3 rings (SSSR count). The maximum Gasteiger partial charge on any atom is 0.315 e. The molecule has 4 amide bonds. The van der Waals surface area contributed by atoms with E-state index in [1.165, 1.54) is 0 Å². The summed E-state index contributed by atoms with van der Waals surface area (Å²) in [5.41, 5.74) is 0. The van der Waals surface area contributed by atoms with E-state index in [4.69, 9.17) is 0 Å². The highest BCUT2D eigenvalue weighted by Gasteiger charge is 2.44. The molecule has 8 nitrogen and oxygen atoms in total. The molecule has 0 aromatic rings. The van der Waals surface area contributed by atoms with Gasteiger partial charge in [0.25, 0.3) is 0 Å². The Morgan fingerprint density at radius 3 is 2.37 bits per heavy atom. The minimum Gasteiger partial charge on any atom is -0.343 e. The Morgan fingerprint density at radius 2 is 1.77 bits per heavy atom. The van der Waals surface area contributed by atoms with Crippen LogP contribution < -0.4 is 16.0 Å². The van der Waals surface area contributed by atoms with Gasteiger partial charge in [0.05, 0.1) is 6.04 Å². The summed E-state index contributed by atoms with van der Waals surface area (Å²) in [6, 6.07) is -0.616. The van der Waals surface area contributed by atoms with Crippen molar-refractivity contribution < 1.29 is 14.4 Å². The third kappa shape index (κ3) is 5.86. The van der Waals surface area contributed by atoms with Crippen LogP contribution in [0.5, 0.6) is 0 Å². The molecule has 3 fully saturated rings. The highest BCUT2D eigenvalue weighted by Crippen LogP contribution is 2.30. The van der Waals surface area contributed by atoms with Crippen molar-refractivity contribution in [1.82, 2.24) is 25.8 Å². The fourth-order valence-electron chi connectivity index (χ4n) is 4.67. The predicted molar refractivity (Wildman–Crippen MR) is 116 cm³/mol. The molecule has 30 heavy (non-hydrogen) atoms. The molecule has 0 aromatic carbocycles. The second-order valence-corrected chi connectivity index (χ2v) is 9.59. The Labute approximate surface area is 180 Å². The number of carbonyl (C=O) groups excluding carboxylic acids is 3. The Hall–Kier alpha value is -1.83. The van der Waals surface area contributed by atoms with E-state index >= 15 is 0 Å². The summed E-state index contributed by atoms with van der Waals surface area (Å²) in [6.07, 6.45) is 4.81. The van der Waals surface area contributed by atoms with E-state index in [1.807, 2.05) is 18.7 Å². The molecule has 1 saturated carbocycles. The molecule has 0 radical (unpaired) electrons. The van der Waals surface area contributed by atoms with E-state index in [9.17, 15) is 14.4 Å². The van der Waals surface area contributed by atoms with Crippen LogP contribution in [0.1, 0.15) is 59.8 Å². The van der Waals surface area contributed by atoms with Crippen molar-refractivity contribution in [2.45, 2.75) is 84.0 Å². The fourth-order valence-corrected chi connectivity index (χ4v) is 4.67. The first-order valence-electron chi connectivity index (χ1n) is 11.7. The van der Waals surface area contributed by atoms with E-state index < -0.39 is 6.04 Å². The first-order chi connectivity index (χ1) is 14.3. The smallest absolute Gasteiger partial charge is 0.315 e. The lowest BCUT2D eigenvalue weighted by Gasteiger charge is -2.28. The average molecular weight is 422 g/mol. The topological polar surface area (TPSA) is 93.8 Å². The van der Waals surface area contributed by atoms with Crippen LogP contribution in [-0.2, 0) is 9.59 Å². The van der Waals surface area contributed by atoms with Crippen molar-refractivity contribution in [3.05, 3.63) is 0 Å². The average Bonchev–Trinajstić information content (AvgIpc) is 3.47. The maximum atomic E-state index is 13.3. The minimum atomic E-state index is -0.499. The van der Waals surface area contributed by atoms with E-state index in [-0.39, 0.29) is 41.9 Å². The van der Waals surface area contributed by atoms with Crippen LogP contribution in [0.15, 0.2) is 0 Å². The van der Waals surface area contributed by atoms with Gasteiger partial charge in [-0.15, -0.1) is 0 Å². The molecule has 0 aromatic heterocycles. The molecule has 1 aliphatic carbocycles. The van der Waals surface area contributed by atoms with Crippen LogP contribution in [-0.4, -0.2) is 78.0 Å². The zero-order valence-electron chi connectivity index (χ0n) is 18.9. The second kappa shape index (κ2) is 9.98. The fraction of sp³-hybridized carbons (Fsp3) is 0.864. The Balaban J connectivity index is 1.70. The van der Waals surface area contributed by atoms with Crippen molar-refractivity contribution in [3.63, 3.8) is 0 Å². The van der Waals surface area contributed by atoms with Crippen LogP contribution in [0.25, 0.3) is 0 Å². The molecular weight excluding hydrogens is 382 g/mol. The molecule has 0 unspecified atom stereocenters. The summed E-state index contributed by atoms with van der Waals surface area (Å²) in [5, 5.41) is 8.91. The van der Waals surface area contributed by atoms with Crippen molar-refractivity contribution in [2.24, 2.45) is 11.8 Å². The van der Waals surface area contributed by atoms with Gasteiger partial charge in [-0.05, 0) is 39.0 Å². The molecular formula is C22H39N5O3. The highest BCUT2D eigenvalue weighted by atomic mass is 16.2. The Morgan fingerprint density at radius 1 is 1.07 bits per heavy atom. The van der Waals surface area contributed by atoms with Crippen LogP contribution in [0.2, 0.25) is 0 Å². The quantitative estimate of drug-likeness (QED) is 0.551. The van der Waals surface area contributed by atoms with Crippen molar-refractivity contribution in [1.29, 1.82) is 0 Å². The molecule has 2 heterocycles. The lowest BCUT2D eigenvalue weighted by molar-refractivity contribution is -0.136. The highest BCUT2D eigenvalue weighted by molar-refractivity contribution is 5.90. The Kier molecular flexibility index (Phi) is 7.60. The van der Waals surface area contributed by atoms with E-state index in [0.29, 0.717) is 19.0 Å². The first kappa shape index (κ1) is 22.8. The number of nitrogens with one attached hydrogen (secondary N) is 3. The standard InChI is InChI=1S/C22H39N5O3/c1-5-15(6-2)10-26-12-18-9-17(24-22(30)23-14(3)4)11-27(18)21(29)19(13-26)25-20(28)16-7-8-16/h14-19H,5-13H2,1-4H3,(H,25,28)(H2,23,24,30)/t17-,18-,19-/m0/s1. The Bertz CT molecular complexity index is 632. The summed E-state index contributed by atoms with van der Waals surface area (Å²) < 4.78 is 0. The first-order valence-corrected chi connectivity index (χ1v) is 11.7. The molecule has 3 atom stereocenters. The van der Waals surface area contributed by atoms with Crippen molar-refractivity contribution >= 4 is 17.8 Å². The molecule has 0 bridgehead atoms. The molecule has 3 aliphatic rings. The normalized spacial score (nSPS) is 27.2. The van der Waals surface area contributed by atoms with Crippen molar-refractivity contribution in [3.8, 4) is 0 Å². The van der Waals surface area contributed by atoms with Gasteiger partial charge in [-0.3, -0.25) is 14.5 Å². The van der Waals surface area contributed by atoms with Crippen molar-refractivity contribution in [2.75, 3.05) is 26.2 Å². The van der Waals surface area contributed by atoms with Gasteiger partial charge >= 0.3 is 6.03 Å². The summed E-state index contributed by atoms with van der Waals surface area (Å²) in [4.78, 5) is 42.2. The number of rotatable bonds is 8. The van der Waals surface area contributed by atoms with Crippen LogP contribution in [0.4, 0.5) is 4.79 Å². The number of hydrogen-bond donors (Lipinski definition) is 3. The zero-order chi connectivity index (χ0) is 21.8. The summed E-state index contributed by atoms with van der Waals surface area (Å²) in [5.74, 6) is 0.671. The van der Waals surface area contributed by atoms with Gasteiger partial charge in [0.1, 0.15) is 6.04 Å². The van der Waals surface area contributed by atoms with Crippen LogP contribution in [0, 0.1) is 11.8 Å². The zero-order valence-corrected chi connectivity index (χ0v) is 18.9. The van der Waals surface area contributed by atoms with Gasteiger partial charge in [0.15, 0.2) is 0 Å². The number of urea groups is 1. The molecule has 8 heteroatoms. The number of amides is 4. The van der Waals surface area contributed by atoms with Gasteiger partial charge in [-0.1, -0.05) is 26.7 Å². The van der Waals surface area contributed by atoms with Crippen LogP contribution >= 0.6 is 0 Å². The van der Waals surface area contributed by atoms with Gasteiger partial charge in [0, 0.05) is 44.2 Å².